The number of ether oxygens (including phenoxy) is 3. The van der Waals surface area contributed by atoms with E-state index in [1.54, 1.807) is 31.4 Å². The number of aryl methyl sites for hydroxylation is 1. The molecule has 0 amide bonds. The summed E-state index contributed by atoms with van der Waals surface area (Å²) < 4.78 is 17.3. The average Bonchev–Trinajstić information content (AvgIpc) is 3.20. The third kappa shape index (κ3) is 5.00. The molecule has 152 valence electrons. The van der Waals surface area contributed by atoms with Crippen LogP contribution in [0.1, 0.15) is 29.8 Å². The molecule has 3 rings (SSSR count). The van der Waals surface area contributed by atoms with Gasteiger partial charge in [0.15, 0.2) is 5.82 Å². The van der Waals surface area contributed by atoms with Crippen molar-refractivity contribution in [2.45, 2.75) is 20.3 Å². The Hall–Kier alpha value is -3.19. The van der Waals surface area contributed by atoms with Crippen LogP contribution in [-0.4, -0.2) is 47.6 Å². The molecule has 0 spiro atoms. The monoisotopic (exact) mass is 395 g/mol. The van der Waals surface area contributed by atoms with Crippen LogP contribution in [0.15, 0.2) is 48.5 Å². The fourth-order valence-corrected chi connectivity index (χ4v) is 2.76. The molecular weight excluding hydrogens is 370 g/mol. The standard InChI is InChI=1S/C22H25N3O4/c1-4-16-6-8-17(9-7-16)20-23-22(29-15-14-28-5-2)24-25(20)21(26)18-10-12-19(27-3)13-11-18/h6-13H,4-5,14-15H2,1-3H3. The Bertz CT molecular complexity index is 934. The van der Waals surface area contributed by atoms with Gasteiger partial charge in [-0.1, -0.05) is 31.2 Å². The second-order valence-electron chi connectivity index (χ2n) is 6.26. The summed E-state index contributed by atoms with van der Waals surface area (Å²) in [6.45, 7) is 5.35. The Morgan fingerprint density at radius 1 is 1.00 bits per heavy atom. The zero-order valence-electron chi connectivity index (χ0n) is 16.9. The van der Waals surface area contributed by atoms with E-state index >= 15 is 0 Å². The van der Waals surface area contributed by atoms with E-state index in [-0.39, 0.29) is 11.9 Å². The largest absolute Gasteiger partial charge is 0.497 e. The summed E-state index contributed by atoms with van der Waals surface area (Å²) >= 11 is 0. The number of carbonyl (C=O) groups is 1. The van der Waals surface area contributed by atoms with E-state index in [1.165, 1.54) is 10.2 Å². The van der Waals surface area contributed by atoms with Gasteiger partial charge < -0.3 is 14.2 Å². The second kappa shape index (κ2) is 9.84. The van der Waals surface area contributed by atoms with Gasteiger partial charge in [0.25, 0.3) is 5.91 Å². The van der Waals surface area contributed by atoms with Crippen molar-refractivity contribution in [1.29, 1.82) is 0 Å². The van der Waals surface area contributed by atoms with E-state index in [0.29, 0.717) is 37.0 Å². The van der Waals surface area contributed by atoms with Crippen molar-refractivity contribution < 1.29 is 19.0 Å². The van der Waals surface area contributed by atoms with Crippen LogP contribution in [0, 0.1) is 0 Å². The predicted molar refractivity (Wildman–Crippen MR) is 110 cm³/mol. The fourth-order valence-electron chi connectivity index (χ4n) is 2.76. The summed E-state index contributed by atoms with van der Waals surface area (Å²) in [5.41, 5.74) is 2.47. The van der Waals surface area contributed by atoms with Gasteiger partial charge in [-0.25, -0.2) is 0 Å². The summed E-state index contributed by atoms with van der Waals surface area (Å²) in [5.74, 6) is 0.810. The molecule has 7 nitrogen and oxygen atoms in total. The average molecular weight is 395 g/mol. The van der Waals surface area contributed by atoms with Crippen molar-refractivity contribution in [2.24, 2.45) is 0 Å². The Kier molecular flexibility index (Phi) is 6.97. The minimum atomic E-state index is -0.297. The first kappa shape index (κ1) is 20.5. The lowest BCUT2D eigenvalue weighted by Gasteiger charge is -2.06. The first-order valence-electron chi connectivity index (χ1n) is 9.62. The number of aromatic nitrogens is 3. The van der Waals surface area contributed by atoms with E-state index in [4.69, 9.17) is 14.2 Å². The molecule has 0 saturated carbocycles. The lowest BCUT2D eigenvalue weighted by atomic mass is 10.1. The minimum absolute atomic E-state index is 0.140. The molecule has 0 unspecified atom stereocenters. The molecule has 3 aromatic rings. The first-order chi connectivity index (χ1) is 14.2. The number of methoxy groups -OCH3 is 1. The molecule has 0 bridgehead atoms. The molecule has 1 heterocycles. The molecule has 29 heavy (non-hydrogen) atoms. The quantitative estimate of drug-likeness (QED) is 0.515. The van der Waals surface area contributed by atoms with Crippen LogP contribution < -0.4 is 9.47 Å². The van der Waals surface area contributed by atoms with E-state index in [2.05, 4.69) is 17.0 Å². The Morgan fingerprint density at radius 3 is 2.34 bits per heavy atom. The summed E-state index contributed by atoms with van der Waals surface area (Å²) in [7, 11) is 1.58. The highest BCUT2D eigenvalue weighted by Gasteiger charge is 2.20. The Balaban J connectivity index is 1.93. The zero-order chi connectivity index (χ0) is 20.6. The molecule has 0 aliphatic rings. The lowest BCUT2D eigenvalue weighted by molar-refractivity contribution is 0.0938. The summed E-state index contributed by atoms with van der Waals surface area (Å²) in [4.78, 5) is 17.5. The van der Waals surface area contributed by atoms with Crippen molar-refractivity contribution in [3.8, 4) is 23.1 Å². The van der Waals surface area contributed by atoms with Crippen LogP contribution in [0.2, 0.25) is 0 Å². The fraction of sp³-hybridized carbons (Fsp3) is 0.318. The van der Waals surface area contributed by atoms with E-state index < -0.39 is 0 Å². The first-order valence-corrected chi connectivity index (χ1v) is 9.62. The summed E-state index contributed by atoms with van der Waals surface area (Å²) in [6.07, 6.45) is 0.934. The molecule has 2 aromatic carbocycles. The Labute approximate surface area is 170 Å². The molecule has 0 saturated heterocycles. The molecule has 0 fully saturated rings. The van der Waals surface area contributed by atoms with Crippen molar-refractivity contribution in [3.63, 3.8) is 0 Å². The molecular formula is C22H25N3O4. The number of hydrogen-bond donors (Lipinski definition) is 0. The predicted octanol–water partition coefficient (Wildman–Crippen LogP) is 3.62. The molecule has 1 aromatic heterocycles. The van der Waals surface area contributed by atoms with Gasteiger partial charge in [-0.3, -0.25) is 4.79 Å². The molecule has 0 N–H and O–H groups in total. The van der Waals surface area contributed by atoms with Gasteiger partial charge in [0.2, 0.25) is 0 Å². The second-order valence-corrected chi connectivity index (χ2v) is 6.26. The van der Waals surface area contributed by atoms with Crippen LogP contribution in [-0.2, 0) is 11.2 Å². The maximum absolute atomic E-state index is 13.1. The highest BCUT2D eigenvalue weighted by Crippen LogP contribution is 2.22. The molecule has 0 aliphatic carbocycles. The number of rotatable bonds is 9. The highest BCUT2D eigenvalue weighted by molar-refractivity contribution is 5.97. The van der Waals surface area contributed by atoms with Crippen molar-refractivity contribution in [1.82, 2.24) is 14.8 Å². The summed E-state index contributed by atoms with van der Waals surface area (Å²) in [5, 5.41) is 4.29. The van der Waals surface area contributed by atoms with Gasteiger partial charge in [-0.05, 0) is 43.2 Å². The van der Waals surface area contributed by atoms with Crippen LogP contribution in [0.4, 0.5) is 0 Å². The van der Waals surface area contributed by atoms with Crippen molar-refractivity contribution in [2.75, 3.05) is 26.9 Å². The molecule has 0 aliphatic heterocycles. The third-order valence-electron chi connectivity index (χ3n) is 4.40. The van der Waals surface area contributed by atoms with Gasteiger partial charge in [-0.15, -0.1) is 5.10 Å². The summed E-state index contributed by atoms with van der Waals surface area (Å²) in [6, 6.07) is 14.9. The van der Waals surface area contributed by atoms with E-state index in [1.807, 2.05) is 31.2 Å². The number of nitrogens with zero attached hydrogens (tertiary/aromatic N) is 3. The van der Waals surface area contributed by atoms with Crippen LogP contribution >= 0.6 is 0 Å². The topological polar surface area (TPSA) is 75.5 Å². The molecule has 7 heteroatoms. The van der Waals surface area contributed by atoms with Gasteiger partial charge in [0.1, 0.15) is 12.4 Å². The van der Waals surface area contributed by atoms with Gasteiger partial charge in [-0.2, -0.15) is 9.67 Å². The van der Waals surface area contributed by atoms with Crippen LogP contribution in [0.25, 0.3) is 11.4 Å². The van der Waals surface area contributed by atoms with E-state index in [9.17, 15) is 4.79 Å². The van der Waals surface area contributed by atoms with Gasteiger partial charge in [0, 0.05) is 17.7 Å². The van der Waals surface area contributed by atoms with Crippen LogP contribution in [0.5, 0.6) is 11.8 Å². The van der Waals surface area contributed by atoms with Crippen molar-refractivity contribution >= 4 is 5.91 Å². The highest BCUT2D eigenvalue weighted by atomic mass is 16.5. The molecule has 0 atom stereocenters. The van der Waals surface area contributed by atoms with E-state index in [0.717, 1.165) is 12.0 Å². The number of carbonyl (C=O) groups excluding carboxylic acids is 1. The zero-order valence-corrected chi connectivity index (χ0v) is 16.9. The maximum atomic E-state index is 13.1. The lowest BCUT2D eigenvalue weighted by Crippen LogP contribution is -2.15. The number of benzene rings is 2. The van der Waals surface area contributed by atoms with Crippen LogP contribution in [0.3, 0.4) is 0 Å². The van der Waals surface area contributed by atoms with Gasteiger partial charge in [0.05, 0.1) is 13.7 Å². The third-order valence-corrected chi connectivity index (χ3v) is 4.40. The number of hydrogen-bond acceptors (Lipinski definition) is 6. The molecule has 0 radical (unpaired) electrons. The van der Waals surface area contributed by atoms with Gasteiger partial charge >= 0.3 is 6.01 Å². The SMILES string of the molecule is CCOCCOc1nc(-c2ccc(CC)cc2)n(C(=O)c2ccc(OC)cc2)n1. The normalized spacial score (nSPS) is 10.7. The maximum Gasteiger partial charge on any atom is 0.336 e. The Morgan fingerprint density at radius 2 is 1.72 bits per heavy atom. The minimum Gasteiger partial charge on any atom is -0.497 e. The van der Waals surface area contributed by atoms with Crippen molar-refractivity contribution in [3.05, 3.63) is 59.7 Å². The smallest absolute Gasteiger partial charge is 0.336 e.